The third kappa shape index (κ3) is 2.66. The normalized spacial score (nSPS) is 18.2. The Morgan fingerprint density at radius 1 is 1.33 bits per heavy atom. The van der Waals surface area contributed by atoms with E-state index in [1.807, 2.05) is 47.1 Å². The van der Waals surface area contributed by atoms with Crippen LogP contribution < -0.4 is 0 Å². The molecule has 3 aromatic rings. The van der Waals surface area contributed by atoms with Gasteiger partial charge in [-0.15, -0.1) is 5.10 Å². The van der Waals surface area contributed by atoms with Crippen molar-refractivity contribution in [3.63, 3.8) is 0 Å². The first-order chi connectivity index (χ1) is 11.7. The first-order valence-electron chi connectivity index (χ1n) is 8.30. The van der Waals surface area contributed by atoms with Crippen LogP contribution in [0.2, 0.25) is 0 Å². The average molecular weight is 324 g/mol. The molecule has 1 aliphatic rings. The Morgan fingerprint density at radius 2 is 2.25 bits per heavy atom. The highest BCUT2D eigenvalue weighted by molar-refractivity contribution is 5.97. The number of piperidine rings is 1. The van der Waals surface area contributed by atoms with E-state index in [1.165, 1.54) is 0 Å². The van der Waals surface area contributed by atoms with Crippen molar-refractivity contribution in [3.05, 3.63) is 42.2 Å². The second-order valence-corrected chi connectivity index (χ2v) is 6.29. The molecular formula is C17H20N6O. The van der Waals surface area contributed by atoms with Crippen LogP contribution in [0.3, 0.4) is 0 Å². The number of benzene rings is 1. The van der Waals surface area contributed by atoms with E-state index in [0.717, 1.165) is 43.4 Å². The number of rotatable bonds is 3. The van der Waals surface area contributed by atoms with Gasteiger partial charge in [-0.05, 0) is 43.5 Å². The van der Waals surface area contributed by atoms with Crippen LogP contribution >= 0.6 is 0 Å². The van der Waals surface area contributed by atoms with Gasteiger partial charge in [-0.1, -0.05) is 5.21 Å². The van der Waals surface area contributed by atoms with Gasteiger partial charge in [0.15, 0.2) is 0 Å². The number of amides is 1. The van der Waals surface area contributed by atoms with E-state index >= 15 is 0 Å². The molecule has 4 rings (SSSR count). The number of aryl methyl sites for hydroxylation is 1. The Morgan fingerprint density at radius 3 is 3.08 bits per heavy atom. The monoisotopic (exact) mass is 324 g/mol. The van der Waals surface area contributed by atoms with Crippen LogP contribution in [0.25, 0.3) is 11.0 Å². The van der Waals surface area contributed by atoms with E-state index in [-0.39, 0.29) is 11.9 Å². The molecule has 0 N–H and O–H groups in total. The summed E-state index contributed by atoms with van der Waals surface area (Å²) in [5.41, 5.74) is 2.36. The lowest BCUT2D eigenvalue weighted by atomic mass is 10.0. The van der Waals surface area contributed by atoms with Crippen LogP contribution in [0.5, 0.6) is 0 Å². The summed E-state index contributed by atoms with van der Waals surface area (Å²) in [5, 5.41) is 12.4. The zero-order chi connectivity index (χ0) is 16.5. The van der Waals surface area contributed by atoms with Crippen molar-refractivity contribution in [1.29, 1.82) is 0 Å². The molecule has 1 aromatic carbocycles. The number of carbonyl (C=O) groups excluding carboxylic acids is 1. The number of hydrogen-bond acceptors (Lipinski definition) is 4. The quantitative estimate of drug-likeness (QED) is 0.737. The number of carbonyl (C=O) groups is 1. The summed E-state index contributed by atoms with van der Waals surface area (Å²) in [6, 6.07) is 7.72. The molecule has 0 bridgehead atoms. The first kappa shape index (κ1) is 14.9. The Balaban J connectivity index is 1.59. The van der Waals surface area contributed by atoms with Crippen LogP contribution in [0.4, 0.5) is 0 Å². The van der Waals surface area contributed by atoms with Gasteiger partial charge >= 0.3 is 0 Å². The molecule has 1 atom stereocenters. The molecule has 124 valence electrons. The molecule has 2 aromatic heterocycles. The van der Waals surface area contributed by atoms with Crippen molar-refractivity contribution < 1.29 is 4.79 Å². The Hall–Kier alpha value is -2.70. The summed E-state index contributed by atoms with van der Waals surface area (Å²) in [4.78, 5) is 15.0. The van der Waals surface area contributed by atoms with E-state index in [0.29, 0.717) is 5.56 Å². The fraction of sp³-hybridized carbons (Fsp3) is 0.412. The van der Waals surface area contributed by atoms with E-state index in [9.17, 15) is 4.79 Å². The van der Waals surface area contributed by atoms with E-state index in [2.05, 4.69) is 15.4 Å². The summed E-state index contributed by atoms with van der Waals surface area (Å²) in [5.74, 6) is 0.0689. The Labute approximate surface area is 139 Å². The van der Waals surface area contributed by atoms with Gasteiger partial charge in [-0.25, -0.2) is 4.68 Å². The van der Waals surface area contributed by atoms with Crippen molar-refractivity contribution in [2.45, 2.75) is 31.8 Å². The number of hydrogen-bond donors (Lipinski definition) is 0. The lowest BCUT2D eigenvalue weighted by Gasteiger charge is -2.35. The SMILES string of the molecule is Cn1nnc2cc(C(=O)N3CCCC[C@@H]3Cn3cccn3)ccc21. The maximum absolute atomic E-state index is 13.0. The predicted octanol–water partition coefficient (Wildman–Crippen LogP) is 1.86. The van der Waals surface area contributed by atoms with Gasteiger partial charge in [0.2, 0.25) is 0 Å². The standard InChI is InChI=1S/C17H20N6O/c1-21-16-7-6-13(11-15(16)19-20-21)17(24)23-10-3-2-5-14(23)12-22-9-4-8-18-22/h4,6-9,11,14H,2-3,5,10,12H2,1H3/t14-/m1/s1. The number of nitrogens with zero attached hydrogens (tertiary/aromatic N) is 6. The highest BCUT2D eigenvalue weighted by atomic mass is 16.2. The molecular weight excluding hydrogens is 304 g/mol. The first-order valence-corrected chi connectivity index (χ1v) is 8.30. The minimum atomic E-state index is 0.0689. The maximum atomic E-state index is 13.0. The third-order valence-corrected chi connectivity index (χ3v) is 4.70. The summed E-state index contributed by atoms with van der Waals surface area (Å²) in [7, 11) is 1.85. The zero-order valence-electron chi connectivity index (χ0n) is 13.7. The molecule has 0 unspecified atom stereocenters. The fourth-order valence-corrected chi connectivity index (χ4v) is 3.42. The smallest absolute Gasteiger partial charge is 0.254 e. The second-order valence-electron chi connectivity index (χ2n) is 6.29. The summed E-state index contributed by atoms with van der Waals surface area (Å²) >= 11 is 0. The van der Waals surface area contributed by atoms with Crippen LogP contribution in [-0.4, -0.2) is 48.2 Å². The van der Waals surface area contributed by atoms with E-state index in [4.69, 9.17) is 0 Å². The van der Waals surface area contributed by atoms with Gasteiger partial charge in [-0.2, -0.15) is 5.10 Å². The van der Waals surface area contributed by atoms with Crippen molar-refractivity contribution in [3.8, 4) is 0 Å². The number of likely N-dealkylation sites (tertiary alicyclic amines) is 1. The summed E-state index contributed by atoms with van der Waals surface area (Å²) in [6.45, 7) is 1.54. The van der Waals surface area contributed by atoms with Gasteiger partial charge in [0.25, 0.3) is 5.91 Å². The van der Waals surface area contributed by atoms with Crippen LogP contribution in [0, 0.1) is 0 Å². The topological polar surface area (TPSA) is 68.8 Å². The summed E-state index contributed by atoms with van der Waals surface area (Å²) in [6.07, 6.45) is 6.94. The van der Waals surface area contributed by atoms with Crippen LogP contribution in [-0.2, 0) is 13.6 Å². The van der Waals surface area contributed by atoms with Crippen molar-refractivity contribution >= 4 is 16.9 Å². The lowest BCUT2D eigenvalue weighted by Crippen LogP contribution is -2.45. The molecule has 1 fully saturated rings. The Bertz CT molecular complexity index is 853. The molecule has 1 saturated heterocycles. The molecule has 7 heteroatoms. The molecule has 0 saturated carbocycles. The highest BCUT2D eigenvalue weighted by Gasteiger charge is 2.28. The van der Waals surface area contributed by atoms with Gasteiger partial charge in [-0.3, -0.25) is 9.48 Å². The molecule has 0 spiro atoms. The number of fused-ring (bicyclic) bond motifs is 1. The van der Waals surface area contributed by atoms with Gasteiger partial charge < -0.3 is 4.90 Å². The second kappa shape index (κ2) is 6.07. The highest BCUT2D eigenvalue weighted by Crippen LogP contribution is 2.22. The van der Waals surface area contributed by atoms with Crippen molar-refractivity contribution in [2.75, 3.05) is 6.54 Å². The minimum absolute atomic E-state index is 0.0689. The molecule has 0 aliphatic carbocycles. The molecule has 24 heavy (non-hydrogen) atoms. The summed E-state index contributed by atoms with van der Waals surface area (Å²) < 4.78 is 3.62. The van der Waals surface area contributed by atoms with Gasteiger partial charge in [0, 0.05) is 31.5 Å². The predicted molar refractivity (Wildman–Crippen MR) is 89.4 cm³/mol. The molecule has 0 radical (unpaired) electrons. The largest absolute Gasteiger partial charge is 0.334 e. The molecule has 1 amide bonds. The minimum Gasteiger partial charge on any atom is -0.334 e. The van der Waals surface area contributed by atoms with E-state index < -0.39 is 0 Å². The zero-order valence-corrected chi connectivity index (χ0v) is 13.7. The fourth-order valence-electron chi connectivity index (χ4n) is 3.42. The van der Waals surface area contributed by atoms with E-state index in [1.54, 1.807) is 10.9 Å². The van der Waals surface area contributed by atoms with Crippen LogP contribution in [0.15, 0.2) is 36.7 Å². The van der Waals surface area contributed by atoms with Crippen molar-refractivity contribution in [2.24, 2.45) is 7.05 Å². The van der Waals surface area contributed by atoms with Gasteiger partial charge in [0.05, 0.1) is 18.1 Å². The third-order valence-electron chi connectivity index (χ3n) is 4.70. The molecule has 1 aliphatic heterocycles. The average Bonchev–Trinajstić information content (AvgIpc) is 3.25. The maximum Gasteiger partial charge on any atom is 0.254 e. The Kier molecular flexibility index (Phi) is 3.76. The van der Waals surface area contributed by atoms with Crippen molar-refractivity contribution in [1.82, 2.24) is 29.7 Å². The molecule has 3 heterocycles. The molecule has 7 nitrogen and oxygen atoms in total. The van der Waals surface area contributed by atoms with Crippen LogP contribution in [0.1, 0.15) is 29.6 Å². The lowest BCUT2D eigenvalue weighted by molar-refractivity contribution is 0.0584. The van der Waals surface area contributed by atoms with Gasteiger partial charge in [0.1, 0.15) is 5.52 Å². The number of aromatic nitrogens is 5.